The van der Waals surface area contributed by atoms with Gasteiger partial charge in [0.15, 0.2) is 0 Å². The SMILES string of the molecule is CC1CCC(C(=O)N2C(C)CCCC2CN)CC1. The van der Waals surface area contributed by atoms with Gasteiger partial charge in [0.2, 0.25) is 5.91 Å². The maximum Gasteiger partial charge on any atom is 0.226 e. The molecule has 1 amide bonds. The Labute approximate surface area is 111 Å². The summed E-state index contributed by atoms with van der Waals surface area (Å²) in [6.45, 7) is 5.11. The summed E-state index contributed by atoms with van der Waals surface area (Å²) in [6.07, 6.45) is 8.05. The smallest absolute Gasteiger partial charge is 0.226 e. The minimum Gasteiger partial charge on any atom is -0.336 e. The van der Waals surface area contributed by atoms with Crippen LogP contribution in [0.15, 0.2) is 0 Å². The third-order valence-corrected chi connectivity index (χ3v) is 4.92. The third kappa shape index (κ3) is 2.87. The number of piperidine rings is 1. The second kappa shape index (κ2) is 6.05. The molecule has 2 atom stereocenters. The van der Waals surface area contributed by atoms with Crippen LogP contribution >= 0.6 is 0 Å². The van der Waals surface area contributed by atoms with Crippen LogP contribution in [0.1, 0.15) is 58.8 Å². The molecule has 0 radical (unpaired) electrons. The normalized spacial score (nSPS) is 37.6. The highest BCUT2D eigenvalue weighted by Crippen LogP contribution is 2.32. The van der Waals surface area contributed by atoms with E-state index in [4.69, 9.17) is 5.73 Å². The molecule has 1 saturated heterocycles. The predicted molar refractivity (Wildman–Crippen MR) is 74.1 cm³/mol. The lowest BCUT2D eigenvalue weighted by Crippen LogP contribution is -2.54. The number of carbonyl (C=O) groups is 1. The minimum atomic E-state index is 0.274. The fourth-order valence-corrected chi connectivity index (χ4v) is 3.63. The number of amides is 1. The largest absolute Gasteiger partial charge is 0.336 e. The van der Waals surface area contributed by atoms with E-state index in [-0.39, 0.29) is 5.92 Å². The average Bonchev–Trinajstić information content (AvgIpc) is 2.38. The molecule has 0 aromatic carbocycles. The number of nitrogens with zero attached hydrogens (tertiary/aromatic N) is 1. The molecular weight excluding hydrogens is 224 g/mol. The molecule has 3 nitrogen and oxygen atoms in total. The van der Waals surface area contributed by atoms with Crippen LogP contribution in [0.4, 0.5) is 0 Å². The van der Waals surface area contributed by atoms with Crippen LogP contribution in [-0.2, 0) is 4.79 Å². The fourth-order valence-electron chi connectivity index (χ4n) is 3.63. The van der Waals surface area contributed by atoms with E-state index < -0.39 is 0 Å². The van der Waals surface area contributed by atoms with Crippen molar-refractivity contribution in [1.82, 2.24) is 4.90 Å². The van der Waals surface area contributed by atoms with E-state index in [0.29, 0.717) is 24.5 Å². The molecule has 2 N–H and O–H groups in total. The van der Waals surface area contributed by atoms with Gasteiger partial charge >= 0.3 is 0 Å². The van der Waals surface area contributed by atoms with Gasteiger partial charge in [0.05, 0.1) is 0 Å². The maximum absolute atomic E-state index is 12.7. The Bertz CT molecular complexity index is 284. The molecule has 0 aromatic heterocycles. The Hall–Kier alpha value is -0.570. The lowest BCUT2D eigenvalue weighted by molar-refractivity contribution is -0.143. The molecule has 3 heteroatoms. The maximum atomic E-state index is 12.7. The van der Waals surface area contributed by atoms with Gasteiger partial charge in [-0.05, 0) is 57.8 Å². The summed E-state index contributed by atoms with van der Waals surface area (Å²) < 4.78 is 0. The highest BCUT2D eigenvalue weighted by molar-refractivity contribution is 5.79. The van der Waals surface area contributed by atoms with Gasteiger partial charge in [-0.15, -0.1) is 0 Å². The molecule has 1 heterocycles. The number of hydrogen-bond donors (Lipinski definition) is 1. The van der Waals surface area contributed by atoms with Crippen LogP contribution in [0.2, 0.25) is 0 Å². The minimum absolute atomic E-state index is 0.274. The van der Waals surface area contributed by atoms with E-state index in [1.807, 2.05) is 0 Å². The monoisotopic (exact) mass is 252 g/mol. The van der Waals surface area contributed by atoms with Crippen LogP contribution in [0.25, 0.3) is 0 Å². The molecule has 2 fully saturated rings. The first kappa shape index (κ1) is 13.9. The van der Waals surface area contributed by atoms with E-state index >= 15 is 0 Å². The standard InChI is InChI=1S/C15H28N2O/c1-11-6-8-13(9-7-11)15(18)17-12(2)4-3-5-14(17)10-16/h11-14H,3-10,16H2,1-2H3. The summed E-state index contributed by atoms with van der Waals surface area (Å²) in [5, 5.41) is 0. The Morgan fingerprint density at radius 1 is 1.11 bits per heavy atom. The predicted octanol–water partition coefficient (Wildman–Crippen LogP) is 2.54. The van der Waals surface area contributed by atoms with Gasteiger partial charge in [-0.2, -0.15) is 0 Å². The van der Waals surface area contributed by atoms with Crippen molar-refractivity contribution in [2.24, 2.45) is 17.6 Å². The van der Waals surface area contributed by atoms with Gasteiger partial charge in [0.1, 0.15) is 0 Å². The van der Waals surface area contributed by atoms with Crippen molar-refractivity contribution in [2.45, 2.75) is 70.9 Å². The van der Waals surface area contributed by atoms with Crippen molar-refractivity contribution >= 4 is 5.91 Å². The summed E-state index contributed by atoms with van der Waals surface area (Å²) in [5.41, 5.74) is 5.85. The van der Waals surface area contributed by atoms with Crippen LogP contribution in [-0.4, -0.2) is 29.4 Å². The molecule has 0 aromatic rings. The van der Waals surface area contributed by atoms with Gasteiger partial charge in [0, 0.05) is 24.5 Å². The van der Waals surface area contributed by atoms with Gasteiger partial charge in [-0.1, -0.05) is 6.92 Å². The summed E-state index contributed by atoms with van der Waals surface area (Å²) >= 11 is 0. The first-order chi connectivity index (χ1) is 8.63. The summed E-state index contributed by atoms with van der Waals surface area (Å²) in [4.78, 5) is 14.8. The number of likely N-dealkylation sites (tertiary alicyclic amines) is 1. The molecular formula is C15H28N2O. The number of carbonyl (C=O) groups excluding carboxylic acids is 1. The molecule has 2 unspecified atom stereocenters. The Kier molecular flexibility index (Phi) is 4.66. The van der Waals surface area contributed by atoms with Gasteiger partial charge < -0.3 is 10.6 Å². The van der Waals surface area contributed by atoms with E-state index in [9.17, 15) is 4.79 Å². The van der Waals surface area contributed by atoms with Gasteiger partial charge in [-0.3, -0.25) is 4.79 Å². The second-order valence-electron chi connectivity index (χ2n) is 6.37. The zero-order valence-electron chi connectivity index (χ0n) is 11.9. The van der Waals surface area contributed by atoms with E-state index in [2.05, 4.69) is 18.7 Å². The molecule has 1 aliphatic heterocycles. The number of rotatable bonds is 2. The summed E-state index contributed by atoms with van der Waals surface area (Å²) in [6, 6.07) is 0.680. The van der Waals surface area contributed by atoms with Crippen molar-refractivity contribution in [3.63, 3.8) is 0 Å². The Balaban J connectivity index is 2.01. The van der Waals surface area contributed by atoms with Crippen LogP contribution in [0.5, 0.6) is 0 Å². The quantitative estimate of drug-likeness (QED) is 0.821. The third-order valence-electron chi connectivity index (χ3n) is 4.92. The Morgan fingerprint density at radius 3 is 2.39 bits per heavy atom. The molecule has 18 heavy (non-hydrogen) atoms. The van der Waals surface area contributed by atoms with Crippen molar-refractivity contribution in [2.75, 3.05) is 6.54 Å². The van der Waals surface area contributed by atoms with E-state index in [1.54, 1.807) is 0 Å². The number of nitrogens with two attached hydrogens (primary N) is 1. The molecule has 104 valence electrons. The highest BCUT2D eigenvalue weighted by atomic mass is 16.2. The fraction of sp³-hybridized carbons (Fsp3) is 0.933. The highest BCUT2D eigenvalue weighted by Gasteiger charge is 2.35. The molecule has 1 aliphatic carbocycles. The van der Waals surface area contributed by atoms with Gasteiger partial charge in [0.25, 0.3) is 0 Å². The van der Waals surface area contributed by atoms with Crippen LogP contribution in [0.3, 0.4) is 0 Å². The van der Waals surface area contributed by atoms with Crippen molar-refractivity contribution in [1.29, 1.82) is 0 Å². The van der Waals surface area contributed by atoms with E-state index in [0.717, 1.165) is 31.6 Å². The zero-order chi connectivity index (χ0) is 13.1. The lowest BCUT2D eigenvalue weighted by atomic mass is 9.81. The number of hydrogen-bond acceptors (Lipinski definition) is 2. The molecule has 2 rings (SSSR count). The van der Waals surface area contributed by atoms with Crippen LogP contribution < -0.4 is 5.73 Å². The van der Waals surface area contributed by atoms with Crippen molar-refractivity contribution < 1.29 is 4.79 Å². The van der Waals surface area contributed by atoms with Crippen LogP contribution in [0, 0.1) is 11.8 Å². The molecule has 2 aliphatic rings. The molecule has 0 spiro atoms. The summed E-state index contributed by atoms with van der Waals surface area (Å²) in [7, 11) is 0. The van der Waals surface area contributed by atoms with E-state index in [1.165, 1.54) is 19.3 Å². The lowest BCUT2D eigenvalue weighted by Gasteiger charge is -2.43. The molecule has 0 bridgehead atoms. The molecule has 1 saturated carbocycles. The first-order valence-corrected chi connectivity index (χ1v) is 7.65. The first-order valence-electron chi connectivity index (χ1n) is 7.65. The summed E-state index contributed by atoms with van der Waals surface area (Å²) in [5.74, 6) is 1.47. The Morgan fingerprint density at radius 2 is 1.78 bits per heavy atom. The van der Waals surface area contributed by atoms with Crippen molar-refractivity contribution in [3.05, 3.63) is 0 Å². The van der Waals surface area contributed by atoms with Crippen molar-refractivity contribution in [3.8, 4) is 0 Å². The van der Waals surface area contributed by atoms with Gasteiger partial charge in [-0.25, -0.2) is 0 Å². The topological polar surface area (TPSA) is 46.3 Å². The average molecular weight is 252 g/mol. The zero-order valence-corrected chi connectivity index (χ0v) is 11.9. The second-order valence-corrected chi connectivity index (χ2v) is 6.37.